The molecular formula is C15H16AsF2N2O3. The fraction of sp³-hybridized carbons (Fsp3) is 0.400. The molecule has 0 saturated carbocycles. The van der Waals surface area contributed by atoms with Crippen molar-refractivity contribution in [2.75, 3.05) is 0 Å². The first kappa shape index (κ1) is 19.2. The zero-order valence-electron chi connectivity index (χ0n) is 12.9. The zero-order chi connectivity index (χ0) is 17.6. The Bertz CT molecular complexity index is 653. The van der Waals surface area contributed by atoms with Crippen LogP contribution in [0.1, 0.15) is 26.3 Å². The Hall–Kier alpha value is -1.84. The van der Waals surface area contributed by atoms with Gasteiger partial charge in [0.2, 0.25) is 0 Å². The SMILES string of the molecule is CC(C)(C)OC(=O)[As][C@H](Cc1cc(F)ccc1F)C(=O)C=[N+]=[N-]. The van der Waals surface area contributed by atoms with E-state index in [2.05, 4.69) is 4.79 Å². The van der Waals surface area contributed by atoms with Gasteiger partial charge in [0.05, 0.1) is 0 Å². The summed E-state index contributed by atoms with van der Waals surface area (Å²) in [7, 11) is 0. The van der Waals surface area contributed by atoms with Gasteiger partial charge in [0, 0.05) is 0 Å². The van der Waals surface area contributed by atoms with Crippen LogP contribution in [0.4, 0.5) is 13.6 Å². The second kappa shape index (κ2) is 8.14. The molecule has 23 heavy (non-hydrogen) atoms. The van der Waals surface area contributed by atoms with Crippen molar-refractivity contribution < 1.29 is 27.9 Å². The molecule has 0 amide bonds. The molecule has 0 spiro atoms. The zero-order valence-corrected chi connectivity index (χ0v) is 14.8. The topological polar surface area (TPSA) is 79.8 Å². The number of rotatable bonds is 6. The summed E-state index contributed by atoms with van der Waals surface area (Å²) in [6.07, 6.45) is 0.482. The van der Waals surface area contributed by atoms with E-state index in [1.54, 1.807) is 20.8 Å². The third-order valence-corrected chi connectivity index (χ3v) is 4.79. The van der Waals surface area contributed by atoms with E-state index in [9.17, 15) is 18.4 Å². The van der Waals surface area contributed by atoms with Crippen LogP contribution in [0.25, 0.3) is 5.53 Å². The van der Waals surface area contributed by atoms with Gasteiger partial charge in [-0.1, -0.05) is 0 Å². The van der Waals surface area contributed by atoms with Gasteiger partial charge in [-0.3, -0.25) is 0 Å². The third kappa shape index (κ3) is 6.85. The van der Waals surface area contributed by atoms with E-state index in [4.69, 9.17) is 10.3 Å². The molecule has 0 heterocycles. The molecule has 0 aliphatic heterocycles. The van der Waals surface area contributed by atoms with Gasteiger partial charge in [0.15, 0.2) is 0 Å². The number of nitrogens with zero attached hydrogens (tertiary/aromatic N) is 2. The average Bonchev–Trinajstić information content (AvgIpc) is 2.40. The summed E-state index contributed by atoms with van der Waals surface area (Å²) >= 11 is -1.31. The summed E-state index contributed by atoms with van der Waals surface area (Å²) in [5.74, 6) is -1.95. The summed E-state index contributed by atoms with van der Waals surface area (Å²) in [5.41, 5.74) is 7.75. The molecule has 8 heteroatoms. The molecule has 0 N–H and O–H groups in total. The summed E-state index contributed by atoms with van der Waals surface area (Å²) in [6.45, 7) is 5.05. The number of ether oxygens (including phenoxy) is 1. The fourth-order valence-electron chi connectivity index (χ4n) is 1.68. The van der Waals surface area contributed by atoms with Gasteiger partial charge in [-0.2, -0.15) is 0 Å². The third-order valence-electron chi connectivity index (χ3n) is 2.59. The van der Waals surface area contributed by atoms with Crippen LogP contribution in [0.3, 0.4) is 0 Å². The Morgan fingerprint density at radius 2 is 2.04 bits per heavy atom. The number of benzene rings is 1. The van der Waals surface area contributed by atoms with Gasteiger partial charge < -0.3 is 0 Å². The van der Waals surface area contributed by atoms with Crippen LogP contribution in [0.5, 0.6) is 0 Å². The van der Waals surface area contributed by atoms with E-state index < -0.39 is 48.2 Å². The number of ketones is 1. The van der Waals surface area contributed by atoms with E-state index >= 15 is 0 Å². The molecule has 0 aliphatic rings. The molecule has 1 aromatic carbocycles. The van der Waals surface area contributed by atoms with Crippen molar-refractivity contribution >= 4 is 32.5 Å². The summed E-state index contributed by atoms with van der Waals surface area (Å²) in [6, 6.07) is 2.89. The standard InChI is InChI=1S/C15H16AsF2N2O3/c1-15(2,3)23-14(22)16-11(13(21)8-20-19)7-9-6-10(17)4-5-12(9)18/h4-6,8,11H,7H2,1-3H3/t11-/m1/s1. The van der Waals surface area contributed by atoms with Crippen molar-refractivity contribution in [1.29, 1.82) is 0 Å². The quantitative estimate of drug-likeness (QED) is 0.327. The molecule has 0 aromatic heterocycles. The number of hydrogen-bond donors (Lipinski definition) is 0. The minimum atomic E-state index is -1.31. The van der Waals surface area contributed by atoms with Crippen LogP contribution >= 0.6 is 0 Å². The Morgan fingerprint density at radius 3 is 2.61 bits per heavy atom. The Labute approximate surface area is 139 Å². The van der Waals surface area contributed by atoms with Crippen LogP contribution < -0.4 is 0 Å². The summed E-state index contributed by atoms with van der Waals surface area (Å²) in [5, 5.41) is 0. The monoisotopic (exact) mass is 385 g/mol. The maximum absolute atomic E-state index is 13.7. The second-order valence-corrected chi connectivity index (χ2v) is 8.33. The molecule has 1 radical (unpaired) electrons. The van der Waals surface area contributed by atoms with Crippen LogP contribution in [-0.2, 0) is 16.0 Å². The van der Waals surface area contributed by atoms with Crippen molar-refractivity contribution in [1.82, 2.24) is 0 Å². The molecule has 0 fully saturated rings. The maximum atomic E-state index is 13.7. The van der Waals surface area contributed by atoms with Gasteiger partial charge in [-0.15, -0.1) is 0 Å². The average molecular weight is 385 g/mol. The molecule has 1 aromatic rings. The molecule has 0 bridgehead atoms. The van der Waals surface area contributed by atoms with Crippen molar-refractivity contribution in [3.05, 3.63) is 40.9 Å². The van der Waals surface area contributed by atoms with Gasteiger partial charge in [0.1, 0.15) is 0 Å². The predicted octanol–water partition coefficient (Wildman–Crippen LogP) is 2.80. The Balaban J connectivity index is 2.97. The predicted molar refractivity (Wildman–Crippen MR) is 80.5 cm³/mol. The van der Waals surface area contributed by atoms with Gasteiger partial charge >= 0.3 is 139 Å². The van der Waals surface area contributed by atoms with Gasteiger partial charge in [-0.05, 0) is 0 Å². The molecular weight excluding hydrogens is 369 g/mol. The summed E-state index contributed by atoms with van der Waals surface area (Å²) < 4.78 is 30.6. The number of Topliss-reactive ketones (excluding diaryl/α,β-unsaturated/α-hetero) is 1. The molecule has 0 aliphatic carbocycles. The van der Waals surface area contributed by atoms with Gasteiger partial charge in [-0.25, -0.2) is 0 Å². The molecule has 123 valence electrons. The molecule has 0 unspecified atom stereocenters. The van der Waals surface area contributed by atoms with E-state index in [1.165, 1.54) is 0 Å². The van der Waals surface area contributed by atoms with Crippen molar-refractivity contribution in [2.24, 2.45) is 0 Å². The fourth-order valence-corrected chi connectivity index (χ4v) is 3.91. The molecule has 5 nitrogen and oxygen atoms in total. The van der Waals surface area contributed by atoms with Crippen LogP contribution in [-0.4, -0.2) is 42.9 Å². The number of carbonyl (C=O) groups excluding carboxylic acids is 2. The summed E-state index contributed by atoms with van der Waals surface area (Å²) in [4.78, 5) is 26.5. The van der Waals surface area contributed by atoms with E-state index in [0.717, 1.165) is 18.2 Å². The first-order chi connectivity index (χ1) is 10.6. The first-order valence-corrected chi connectivity index (χ1v) is 8.73. The van der Waals surface area contributed by atoms with E-state index in [1.807, 2.05) is 0 Å². The van der Waals surface area contributed by atoms with Crippen molar-refractivity contribution in [3.63, 3.8) is 0 Å². The molecule has 1 rings (SSSR count). The van der Waals surface area contributed by atoms with Crippen molar-refractivity contribution in [2.45, 2.75) is 37.5 Å². The van der Waals surface area contributed by atoms with E-state index in [-0.39, 0.29) is 12.0 Å². The normalized spacial score (nSPS) is 12.7. The van der Waals surface area contributed by atoms with Crippen LogP contribution in [0.2, 0.25) is 4.71 Å². The number of carbonyl (C=O) groups is 2. The van der Waals surface area contributed by atoms with E-state index in [0.29, 0.717) is 6.21 Å². The Morgan fingerprint density at radius 1 is 1.39 bits per heavy atom. The minimum absolute atomic E-state index is 0.0199. The Kier molecular flexibility index (Phi) is 6.79. The van der Waals surface area contributed by atoms with Gasteiger partial charge in [0.25, 0.3) is 0 Å². The first-order valence-electron chi connectivity index (χ1n) is 6.71. The molecule has 1 atom stereocenters. The van der Waals surface area contributed by atoms with Crippen LogP contribution in [0.15, 0.2) is 18.2 Å². The second-order valence-electron chi connectivity index (χ2n) is 5.71. The number of halogens is 2. The number of hydrogen-bond acceptors (Lipinski definition) is 3. The van der Waals surface area contributed by atoms with Crippen molar-refractivity contribution in [3.8, 4) is 0 Å². The van der Waals surface area contributed by atoms with Crippen LogP contribution in [0, 0.1) is 11.6 Å². The molecule has 0 saturated heterocycles.